The van der Waals surface area contributed by atoms with Crippen LogP contribution in [0.2, 0.25) is 5.02 Å². The van der Waals surface area contributed by atoms with E-state index in [-0.39, 0.29) is 12.5 Å². The van der Waals surface area contributed by atoms with Crippen LogP contribution in [0.1, 0.15) is 11.8 Å². The molecule has 0 saturated heterocycles. The number of halogens is 1. The number of rotatable bonds is 6. The van der Waals surface area contributed by atoms with E-state index in [9.17, 15) is 4.79 Å². The molecule has 2 aromatic rings. The topological polar surface area (TPSA) is 29.5 Å². The summed E-state index contributed by atoms with van der Waals surface area (Å²) < 4.78 is 5.48. The Morgan fingerprint density at radius 3 is 2.65 bits per heavy atom. The number of hydrogen-bond acceptors (Lipinski definition) is 3. The molecule has 2 rings (SSSR count). The normalized spacial score (nSPS) is 10.3. The van der Waals surface area contributed by atoms with Crippen LogP contribution in [-0.4, -0.2) is 24.0 Å². The molecule has 0 aliphatic heterocycles. The predicted octanol–water partition coefficient (Wildman–Crippen LogP) is 3.83. The van der Waals surface area contributed by atoms with E-state index in [1.54, 1.807) is 40.5 Å². The molecule has 0 atom stereocenters. The maximum atomic E-state index is 12.1. The van der Waals surface area contributed by atoms with Crippen molar-refractivity contribution < 1.29 is 9.53 Å². The average molecular weight is 310 g/mol. The average Bonchev–Trinajstić information content (AvgIpc) is 2.97. The van der Waals surface area contributed by atoms with Crippen molar-refractivity contribution in [2.45, 2.75) is 13.5 Å². The van der Waals surface area contributed by atoms with Crippen LogP contribution >= 0.6 is 22.9 Å². The Morgan fingerprint density at radius 2 is 2.05 bits per heavy atom. The van der Waals surface area contributed by atoms with Gasteiger partial charge in [0.15, 0.2) is 6.61 Å². The fraction of sp³-hybridized carbons (Fsp3) is 0.267. The van der Waals surface area contributed by atoms with Gasteiger partial charge >= 0.3 is 0 Å². The van der Waals surface area contributed by atoms with Gasteiger partial charge in [-0.25, -0.2) is 0 Å². The highest BCUT2D eigenvalue weighted by atomic mass is 35.5. The van der Waals surface area contributed by atoms with Crippen LogP contribution in [0.4, 0.5) is 0 Å². The van der Waals surface area contributed by atoms with Gasteiger partial charge < -0.3 is 9.64 Å². The summed E-state index contributed by atoms with van der Waals surface area (Å²) in [7, 11) is 0. The van der Waals surface area contributed by atoms with E-state index in [0.717, 1.165) is 0 Å². The van der Waals surface area contributed by atoms with Gasteiger partial charge in [0.2, 0.25) is 0 Å². The zero-order valence-electron chi connectivity index (χ0n) is 11.2. The first kappa shape index (κ1) is 14.9. The fourth-order valence-electron chi connectivity index (χ4n) is 1.73. The Morgan fingerprint density at radius 1 is 1.30 bits per heavy atom. The van der Waals surface area contributed by atoms with E-state index in [4.69, 9.17) is 16.3 Å². The van der Waals surface area contributed by atoms with Gasteiger partial charge in [-0.15, -0.1) is 11.3 Å². The molecular weight excluding hydrogens is 294 g/mol. The largest absolute Gasteiger partial charge is 0.484 e. The van der Waals surface area contributed by atoms with Crippen molar-refractivity contribution >= 4 is 28.8 Å². The van der Waals surface area contributed by atoms with Gasteiger partial charge in [0.1, 0.15) is 5.75 Å². The van der Waals surface area contributed by atoms with Crippen LogP contribution in [0.5, 0.6) is 5.75 Å². The molecule has 0 spiro atoms. The summed E-state index contributed by atoms with van der Waals surface area (Å²) in [6, 6.07) is 11.0. The molecule has 1 heterocycles. The van der Waals surface area contributed by atoms with Gasteiger partial charge in [-0.3, -0.25) is 4.79 Å². The second kappa shape index (κ2) is 7.31. The lowest BCUT2D eigenvalue weighted by atomic mass is 10.3. The minimum absolute atomic E-state index is 0.0177. The van der Waals surface area contributed by atoms with Gasteiger partial charge in [0.05, 0.1) is 6.54 Å². The summed E-state index contributed by atoms with van der Waals surface area (Å²) in [5, 5.41) is 2.66. The summed E-state index contributed by atoms with van der Waals surface area (Å²) in [6.07, 6.45) is 0. The monoisotopic (exact) mass is 309 g/mol. The number of carbonyl (C=O) groups excluding carboxylic acids is 1. The van der Waals surface area contributed by atoms with Crippen LogP contribution in [0.3, 0.4) is 0 Å². The molecule has 1 aromatic carbocycles. The Kier molecular flexibility index (Phi) is 5.44. The van der Waals surface area contributed by atoms with Crippen molar-refractivity contribution in [2.75, 3.05) is 13.2 Å². The minimum atomic E-state index is -0.0177. The molecule has 0 aliphatic carbocycles. The molecular formula is C15H16ClNO2S. The molecule has 1 aromatic heterocycles. The standard InChI is InChI=1S/C15H16ClNO2S/c1-2-17(10-14-4-3-9-20-14)15(18)11-19-13-7-5-12(16)6-8-13/h3-9H,2,10-11H2,1H3. The first-order chi connectivity index (χ1) is 9.69. The highest BCUT2D eigenvalue weighted by molar-refractivity contribution is 7.09. The SMILES string of the molecule is CCN(Cc1cccs1)C(=O)COc1ccc(Cl)cc1. The lowest BCUT2D eigenvalue weighted by molar-refractivity contribution is -0.133. The molecule has 0 N–H and O–H groups in total. The van der Waals surface area contributed by atoms with Crippen molar-refractivity contribution in [3.63, 3.8) is 0 Å². The number of benzene rings is 1. The summed E-state index contributed by atoms with van der Waals surface area (Å²) in [6.45, 7) is 3.31. The lowest BCUT2D eigenvalue weighted by Crippen LogP contribution is -2.34. The Bertz CT molecular complexity index is 540. The van der Waals surface area contributed by atoms with Gasteiger partial charge in [-0.2, -0.15) is 0 Å². The van der Waals surface area contributed by atoms with E-state index >= 15 is 0 Å². The van der Waals surface area contributed by atoms with Crippen LogP contribution in [0.15, 0.2) is 41.8 Å². The number of ether oxygens (including phenoxy) is 1. The lowest BCUT2D eigenvalue weighted by Gasteiger charge is -2.20. The third kappa shape index (κ3) is 4.25. The zero-order valence-corrected chi connectivity index (χ0v) is 12.8. The molecule has 0 radical (unpaired) electrons. The van der Waals surface area contributed by atoms with E-state index < -0.39 is 0 Å². The smallest absolute Gasteiger partial charge is 0.260 e. The first-order valence-corrected chi connectivity index (χ1v) is 7.63. The Hall–Kier alpha value is -1.52. The molecule has 0 aliphatic rings. The van der Waals surface area contributed by atoms with Crippen molar-refractivity contribution in [3.8, 4) is 5.75 Å². The molecule has 0 saturated carbocycles. The predicted molar refractivity (Wildman–Crippen MR) is 82.4 cm³/mol. The van der Waals surface area contributed by atoms with Crippen molar-refractivity contribution in [1.29, 1.82) is 0 Å². The quantitative estimate of drug-likeness (QED) is 0.811. The van der Waals surface area contributed by atoms with Crippen LogP contribution in [0, 0.1) is 0 Å². The number of likely N-dealkylation sites (N-methyl/N-ethyl adjacent to an activating group) is 1. The summed E-state index contributed by atoms with van der Waals surface area (Å²) in [5.41, 5.74) is 0. The van der Waals surface area contributed by atoms with Crippen molar-refractivity contribution in [2.24, 2.45) is 0 Å². The third-order valence-corrected chi connectivity index (χ3v) is 3.95. The molecule has 20 heavy (non-hydrogen) atoms. The van der Waals surface area contributed by atoms with Crippen molar-refractivity contribution in [1.82, 2.24) is 4.90 Å². The summed E-state index contributed by atoms with van der Waals surface area (Å²) in [5.74, 6) is 0.630. The van der Waals surface area contributed by atoms with Gasteiger partial charge in [-0.1, -0.05) is 17.7 Å². The van der Waals surface area contributed by atoms with Crippen LogP contribution < -0.4 is 4.74 Å². The number of amides is 1. The number of thiophene rings is 1. The van der Waals surface area contributed by atoms with E-state index in [1.807, 2.05) is 24.4 Å². The maximum absolute atomic E-state index is 12.1. The fourth-order valence-corrected chi connectivity index (χ4v) is 2.58. The van der Waals surface area contributed by atoms with Gasteiger partial charge in [0.25, 0.3) is 5.91 Å². The first-order valence-electron chi connectivity index (χ1n) is 6.37. The molecule has 5 heteroatoms. The number of nitrogens with zero attached hydrogens (tertiary/aromatic N) is 1. The minimum Gasteiger partial charge on any atom is -0.484 e. The molecule has 106 valence electrons. The van der Waals surface area contributed by atoms with E-state index in [0.29, 0.717) is 23.9 Å². The number of hydrogen-bond donors (Lipinski definition) is 0. The van der Waals surface area contributed by atoms with E-state index in [2.05, 4.69) is 0 Å². The highest BCUT2D eigenvalue weighted by Gasteiger charge is 2.13. The molecule has 0 unspecified atom stereocenters. The molecule has 0 fully saturated rings. The van der Waals surface area contributed by atoms with Crippen LogP contribution in [0.25, 0.3) is 0 Å². The van der Waals surface area contributed by atoms with E-state index in [1.165, 1.54) is 4.88 Å². The highest BCUT2D eigenvalue weighted by Crippen LogP contribution is 2.16. The maximum Gasteiger partial charge on any atom is 0.260 e. The van der Waals surface area contributed by atoms with Crippen molar-refractivity contribution in [3.05, 3.63) is 51.7 Å². The molecule has 0 bridgehead atoms. The summed E-state index contributed by atoms with van der Waals surface area (Å²) >= 11 is 7.45. The Balaban J connectivity index is 1.87. The Labute approximate surface area is 127 Å². The zero-order chi connectivity index (χ0) is 14.4. The third-order valence-electron chi connectivity index (χ3n) is 2.84. The van der Waals surface area contributed by atoms with Gasteiger partial charge in [-0.05, 0) is 42.6 Å². The van der Waals surface area contributed by atoms with Gasteiger partial charge in [0, 0.05) is 16.4 Å². The molecule has 1 amide bonds. The summed E-state index contributed by atoms with van der Waals surface area (Å²) in [4.78, 5) is 15.1. The van der Waals surface area contributed by atoms with Crippen LogP contribution in [-0.2, 0) is 11.3 Å². The second-order valence-corrected chi connectivity index (χ2v) is 5.70. The second-order valence-electron chi connectivity index (χ2n) is 4.23. The molecule has 3 nitrogen and oxygen atoms in total. The number of carbonyl (C=O) groups is 1.